The normalized spacial score (nSPS) is 12.9. The van der Waals surface area contributed by atoms with Crippen LogP contribution in [0.15, 0.2) is 12.4 Å². The van der Waals surface area contributed by atoms with Crippen LogP contribution in [-0.2, 0) is 12.1 Å². The molecule has 4 nitrogen and oxygen atoms in total. The van der Waals surface area contributed by atoms with Gasteiger partial charge >= 0.3 is 0 Å². The monoisotopic (exact) mass is 267 g/mol. The Balaban J connectivity index is 2.25. The molecular formula is C15H29N3O. The summed E-state index contributed by atoms with van der Waals surface area (Å²) >= 11 is 0. The van der Waals surface area contributed by atoms with Crippen LogP contribution in [0.3, 0.4) is 0 Å². The lowest BCUT2D eigenvalue weighted by atomic mass is 9.89. The van der Waals surface area contributed by atoms with E-state index in [4.69, 9.17) is 0 Å². The van der Waals surface area contributed by atoms with E-state index in [2.05, 4.69) is 51.2 Å². The fourth-order valence-corrected chi connectivity index (χ4v) is 1.82. The molecule has 0 spiro atoms. The first kappa shape index (κ1) is 16.2. The van der Waals surface area contributed by atoms with E-state index in [-0.39, 0.29) is 17.6 Å². The van der Waals surface area contributed by atoms with E-state index in [1.165, 1.54) is 5.56 Å². The second-order valence-electron chi connectivity index (χ2n) is 7.07. The molecule has 0 unspecified atom stereocenters. The molecule has 110 valence electrons. The molecule has 4 heteroatoms. The molecule has 0 bridgehead atoms. The van der Waals surface area contributed by atoms with Crippen molar-refractivity contribution in [3.05, 3.63) is 18.0 Å². The highest BCUT2D eigenvalue weighted by molar-refractivity contribution is 5.04. The lowest BCUT2D eigenvalue weighted by molar-refractivity contribution is 0.148. The predicted molar refractivity (Wildman–Crippen MR) is 79.0 cm³/mol. The van der Waals surface area contributed by atoms with Gasteiger partial charge in [-0.3, -0.25) is 4.68 Å². The first-order valence-corrected chi connectivity index (χ1v) is 7.10. The van der Waals surface area contributed by atoms with Crippen molar-refractivity contribution in [1.82, 2.24) is 15.1 Å². The Morgan fingerprint density at radius 1 is 1.26 bits per heavy atom. The molecule has 0 atom stereocenters. The predicted octanol–water partition coefficient (Wildman–Crippen LogP) is 2.53. The Labute approximate surface area is 117 Å². The Bertz CT molecular complexity index is 377. The van der Waals surface area contributed by atoms with Gasteiger partial charge in [0.2, 0.25) is 0 Å². The smallest absolute Gasteiger partial charge is 0.0543 e. The lowest BCUT2D eigenvalue weighted by Gasteiger charge is -2.21. The third-order valence-corrected chi connectivity index (χ3v) is 3.29. The van der Waals surface area contributed by atoms with E-state index in [0.717, 1.165) is 25.9 Å². The summed E-state index contributed by atoms with van der Waals surface area (Å²) in [4.78, 5) is 0. The van der Waals surface area contributed by atoms with Gasteiger partial charge in [-0.2, -0.15) is 5.10 Å². The minimum absolute atomic E-state index is 0.0405. The average Bonchev–Trinajstić information content (AvgIpc) is 2.77. The van der Waals surface area contributed by atoms with Gasteiger partial charge in [0, 0.05) is 24.9 Å². The Morgan fingerprint density at radius 3 is 2.47 bits per heavy atom. The Morgan fingerprint density at radius 2 is 1.95 bits per heavy atom. The minimum Gasteiger partial charge on any atom is -0.396 e. The molecule has 1 aromatic rings. The maximum absolute atomic E-state index is 9.18. The van der Waals surface area contributed by atoms with Crippen molar-refractivity contribution < 1.29 is 5.11 Å². The number of aliphatic hydroxyl groups is 1. The van der Waals surface area contributed by atoms with Gasteiger partial charge in [-0.15, -0.1) is 0 Å². The zero-order valence-electron chi connectivity index (χ0n) is 13.0. The third-order valence-electron chi connectivity index (χ3n) is 3.29. The van der Waals surface area contributed by atoms with Crippen LogP contribution in [-0.4, -0.2) is 28.0 Å². The summed E-state index contributed by atoms with van der Waals surface area (Å²) in [6, 6.07) is 0. The lowest BCUT2D eigenvalue weighted by Crippen LogP contribution is -2.22. The summed E-state index contributed by atoms with van der Waals surface area (Å²) in [5.41, 5.74) is 1.30. The molecule has 1 heterocycles. The van der Waals surface area contributed by atoms with Gasteiger partial charge in [0.25, 0.3) is 0 Å². The zero-order chi connectivity index (χ0) is 14.5. The summed E-state index contributed by atoms with van der Waals surface area (Å²) in [6.45, 7) is 12.7. The standard InChI is InChI=1S/C15H29N3O/c1-14(2,3)18-11-13(10-17-18)9-16-8-6-7-15(4,5)12-19/h10-11,16,19H,6-9,12H2,1-5H3. The maximum atomic E-state index is 9.18. The fraction of sp³-hybridized carbons (Fsp3) is 0.800. The molecule has 0 saturated carbocycles. The van der Waals surface area contributed by atoms with E-state index in [9.17, 15) is 5.11 Å². The molecule has 0 aliphatic rings. The fourth-order valence-electron chi connectivity index (χ4n) is 1.82. The van der Waals surface area contributed by atoms with Gasteiger partial charge < -0.3 is 10.4 Å². The summed E-state index contributed by atoms with van der Waals surface area (Å²) in [7, 11) is 0. The average molecular weight is 267 g/mol. The number of nitrogens with one attached hydrogen (secondary N) is 1. The van der Waals surface area contributed by atoms with Gasteiger partial charge in [-0.25, -0.2) is 0 Å². The van der Waals surface area contributed by atoms with E-state index in [1.807, 2.05) is 10.9 Å². The Hall–Kier alpha value is -0.870. The van der Waals surface area contributed by atoms with Crippen LogP contribution in [0.4, 0.5) is 0 Å². The molecule has 0 radical (unpaired) electrons. The highest BCUT2D eigenvalue weighted by atomic mass is 16.3. The summed E-state index contributed by atoms with van der Waals surface area (Å²) in [5, 5.41) is 17.0. The first-order valence-electron chi connectivity index (χ1n) is 7.10. The van der Waals surface area contributed by atoms with Crippen LogP contribution in [0.5, 0.6) is 0 Å². The number of hydrogen-bond donors (Lipinski definition) is 2. The van der Waals surface area contributed by atoms with Crippen molar-refractivity contribution in [2.75, 3.05) is 13.2 Å². The van der Waals surface area contributed by atoms with E-state index in [1.54, 1.807) is 0 Å². The number of hydrogen-bond acceptors (Lipinski definition) is 3. The summed E-state index contributed by atoms with van der Waals surface area (Å²) < 4.78 is 2.00. The molecule has 0 amide bonds. The third kappa shape index (κ3) is 5.74. The van der Waals surface area contributed by atoms with E-state index in [0.29, 0.717) is 0 Å². The van der Waals surface area contributed by atoms with Gasteiger partial charge in [0.1, 0.15) is 0 Å². The summed E-state index contributed by atoms with van der Waals surface area (Å²) in [6.07, 6.45) is 6.15. The van der Waals surface area contributed by atoms with Gasteiger partial charge in [-0.1, -0.05) is 13.8 Å². The van der Waals surface area contributed by atoms with Gasteiger partial charge in [-0.05, 0) is 45.6 Å². The second kappa shape index (κ2) is 6.53. The highest BCUT2D eigenvalue weighted by Crippen LogP contribution is 2.20. The van der Waals surface area contributed by atoms with E-state index >= 15 is 0 Å². The van der Waals surface area contributed by atoms with Crippen LogP contribution in [0, 0.1) is 5.41 Å². The number of rotatable bonds is 7. The maximum Gasteiger partial charge on any atom is 0.0543 e. The summed E-state index contributed by atoms with van der Waals surface area (Å²) in [5.74, 6) is 0. The number of aromatic nitrogens is 2. The molecule has 1 aromatic heterocycles. The van der Waals surface area contributed by atoms with Gasteiger partial charge in [0.15, 0.2) is 0 Å². The molecule has 0 fully saturated rings. The largest absolute Gasteiger partial charge is 0.396 e. The van der Waals surface area contributed by atoms with Crippen molar-refractivity contribution in [1.29, 1.82) is 0 Å². The van der Waals surface area contributed by atoms with E-state index < -0.39 is 0 Å². The molecule has 19 heavy (non-hydrogen) atoms. The molecule has 0 saturated heterocycles. The molecular weight excluding hydrogens is 238 g/mol. The van der Waals surface area contributed by atoms with Gasteiger partial charge in [0.05, 0.1) is 11.7 Å². The zero-order valence-corrected chi connectivity index (χ0v) is 13.0. The minimum atomic E-state index is 0.0405. The number of nitrogens with zero attached hydrogens (tertiary/aromatic N) is 2. The van der Waals surface area contributed by atoms with Crippen LogP contribution < -0.4 is 5.32 Å². The molecule has 2 N–H and O–H groups in total. The van der Waals surface area contributed by atoms with Crippen molar-refractivity contribution >= 4 is 0 Å². The topological polar surface area (TPSA) is 50.1 Å². The molecule has 1 rings (SSSR count). The van der Waals surface area contributed by atoms with Crippen LogP contribution >= 0.6 is 0 Å². The van der Waals surface area contributed by atoms with Crippen molar-refractivity contribution in [3.8, 4) is 0 Å². The quantitative estimate of drug-likeness (QED) is 0.746. The van der Waals surface area contributed by atoms with Crippen molar-refractivity contribution in [3.63, 3.8) is 0 Å². The molecule has 0 aliphatic carbocycles. The van der Waals surface area contributed by atoms with Crippen LogP contribution in [0.25, 0.3) is 0 Å². The SMILES string of the molecule is CC(C)(CO)CCCNCc1cnn(C(C)(C)C)c1. The number of aliphatic hydroxyl groups excluding tert-OH is 1. The molecule has 0 aromatic carbocycles. The van der Waals surface area contributed by atoms with Crippen LogP contribution in [0.2, 0.25) is 0 Å². The van der Waals surface area contributed by atoms with Crippen LogP contribution in [0.1, 0.15) is 53.0 Å². The highest BCUT2D eigenvalue weighted by Gasteiger charge is 2.15. The Kier molecular flexibility index (Phi) is 5.56. The van der Waals surface area contributed by atoms with Crippen molar-refractivity contribution in [2.24, 2.45) is 5.41 Å². The molecule has 0 aliphatic heterocycles. The first-order chi connectivity index (χ1) is 8.74. The second-order valence-corrected chi connectivity index (χ2v) is 7.07. The van der Waals surface area contributed by atoms with Crippen molar-refractivity contribution in [2.45, 2.75) is 59.5 Å².